The van der Waals surface area contributed by atoms with Crippen LogP contribution in [0.15, 0.2) is 30.3 Å². The van der Waals surface area contributed by atoms with Gasteiger partial charge in [0, 0.05) is 6.42 Å². The van der Waals surface area contributed by atoms with E-state index in [9.17, 15) is 14.2 Å². The van der Waals surface area contributed by atoms with Gasteiger partial charge in [-0.25, -0.2) is 10.3 Å². The zero-order valence-electron chi connectivity index (χ0n) is 11.0. The summed E-state index contributed by atoms with van der Waals surface area (Å²) < 4.78 is 16.3. The van der Waals surface area contributed by atoms with Gasteiger partial charge in [-0.2, -0.15) is 4.67 Å². The molecule has 0 aliphatic rings. The number of hydrogen-bond acceptors (Lipinski definition) is 5. The van der Waals surface area contributed by atoms with E-state index in [1.807, 2.05) is 0 Å². The largest absolute Gasteiger partial charge is 0.481 e. The van der Waals surface area contributed by atoms with Crippen LogP contribution in [0, 0.1) is 0 Å². The van der Waals surface area contributed by atoms with E-state index in [1.54, 1.807) is 30.3 Å². The van der Waals surface area contributed by atoms with E-state index < -0.39 is 31.9 Å². The van der Waals surface area contributed by atoms with Crippen LogP contribution >= 0.6 is 7.52 Å². The van der Waals surface area contributed by atoms with Gasteiger partial charge >= 0.3 is 19.5 Å². The third kappa shape index (κ3) is 6.05. The van der Waals surface area contributed by atoms with Gasteiger partial charge in [0.25, 0.3) is 0 Å². The topological polar surface area (TPSA) is 133 Å². The molecule has 0 aliphatic heterocycles. The van der Waals surface area contributed by atoms with E-state index >= 15 is 0 Å². The number of rotatable bonds is 9. The molecule has 116 valence electrons. The van der Waals surface area contributed by atoms with Gasteiger partial charge < -0.3 is 10.2 Å². The summed E-state index contributed by atoms with van der Waals surface area (Å²) in [6, 6.07) is 7.00. The minimum absolute atomic E-state index is 0.221. The van der Waals surface area contributed by atoms with Gasteiger partial charge in [-0.15, -0.1) is 0 Å². The number of nitrogens with one attached hydrogen (secondary N) is 1. The third-order valence-electron chi connectivity index (χ3n) is 2.66. The Bertz CT molecular complexity index is 534. The fourth-order valence-corrected chi connectivity index (χ4v) is 3.27. The molecule has 1 aromatic rings. The van der Waals surface area contributed by atoms with Crippen molar-refractivity contribution >= 4 is 19.5 Å². The molecule has 0 bridgehead atoms. The summed E-state index contributed by atoms with van der Waals surface area (Å²) in [5.74, 6) is -2.55. The predicted molar refractivity (Wildman–Crippen MR) is 72.9 cm³/mol. The van der Waals surface area contributed by atoms with Gasteiger partial charge in [0.15, 0.2) is 0 Å². The molecule has 0 aromatic heterocycles. The highest BCUT2D eigenvalue weighted by molar-refractivity contribution is 7.55. The van der Waals surface area contributed by atoms with Gasteiger partial charge in [-0.05, 0) is 12.0 Å². The second-order valence-electron chi connectivity index (χ2n) is 4.35. The Kier molecular flexibility index (Phi) is 6.51. The molecule has 9 heteroatoms. The van der Waals surface area contributed by atoms with Crippen molar-refractivity contribution in [3.8, 4) is 0 Å². The van der Waals surface area contributed by atoms with Gasteiger partial charge in [0.1, 0.15) is 6.04 Å². The maximum atomic E-state index is 12.3. The molecule has 1 rings (SSSR count). The second-order valence-corrected chi connectivity index (χ2v) is 6.44. The maximum absolute atomic E-state index is 12.3. The van der Waals surface area contributed by atoms with Crippen molar-refractivity contribution in [2.24, 2.45) is 0 Å². The summed E-state index contributed by atoms with van der Waals surface area (Å²) in [5.41, 5.74) is 0.574. The molecule has 0 amide bonds. The minimum atomic E-state index is -3.86. The standard InChI is InChI=1S/C12H16NO7P/c14-11(15)7-6-10(12(16)17)13-21(19,20-18)8-9-4-2-1-3-5-9/h1-5,10,18H,6-8H2,(H,13,19)(H,14,15)(H,16,17). The van der Waals surface area contributed by atoms with Gasteiger partial charge in [0.05, 0.1) is 6.16 Å². The van der Waals surface area contributed by atoms with Crippen LogP contribution in [0.2, 0.25) is 0 Å². The van der Waals surface area contributed by atoms with E-state index in [-0.39, 0.29) is 12.6 Å². The van der Waals surface area contributed by atoms with Crippen molar-refractivity contribution in [2.75, 3.05) is 0 Å². The zero-order valence-corrected chi connectivity index (χ0v) is 11.9. The smallest absolute Gasteiger partial charge is 0.321 e. The third-order valence-corrected chi connectivity index (χ3v) is 4.41. The molecule has 0 saturated carbocycles. The molecule has 0 spiro atoms. The van der Waals surface area contributed by atoms with Gasteiger partial charge in [0.2, 0.25) is 0 Å². The SMILES string of the molecule is O=C(O)CCC(NP(=O)(Cc1ccccc1)OO)C(=O)O. The van der Waals surface area contributed by atoms with Crippen LogP contribution in [0.5, 0.6) is 0 Å². The molecule has 1 aromatic carbocycles. The Morgan fingerprint density at radius 2 is 1.86 bits per heavy atom. The van der Waals surface area contributed by atoms with Crippen LogP contribution in [0.25, 0.3) is 0 Å². The predicted octanol–water partition coefficient (Wildman–Crippen LogP) is 1.78. The molecule has 0 saturated heterocycles. The van der Waals surface area contributed by atoms with E-state index in [0.717, 1.165) is 0 Å². The highest BCUT2D eigenvalue weighted by Gasteiger charge is 2.31. The Morgan fingerprint density at radius 1 is 1.24 bits per heavy atom. The van der Waals surface area contributed by atoms with E-state index in [1.165, 1.54) is 0 Å². The Labute approximate surface area is 120 Å². The molecule has 0 radical (unpaired) electrons. The normalized spacial score (nSPS) is 15.1. The van der Waals surface area contributed by atoms with Crippen molar-refractivity contribution in [2.45, 2.75) is 25.0 Å². The van der Waals surface area contributed by atoms with E-state index in [0.29, 0.717) is 5.56 Å². The number of hydrogen-bond donors (Lipinski definition) is 4. The van der Waals surface area contributed by atoms with Crippen molar-refractivity contribution in [3.05, 3.63) is 35.9 Å². The molecule has 2 unspecified atom stereocenters. The summed E-state index contributed by atoms with van der Waals surface area (Å²) in [6.07, 6.45) is -0.922. The van der Waals surface area contributed by atoms with Gasteiger partial charge in [-0.3, -0.25) is 14.2 Å². The molecule has 8 nitrogen and oxygen atoms in total. The first-order valence-corrected chi connectivity index (χ1v) is 7.86. The number of carboxylic acids is 2. The zero-order chi connectivity index (χ0) is 15.9. The van der Waals surface area contributed by atoms with Crippen LogP contribution < -0.4 is 5.09 Å². The number of benzene rings is 1. The maximum Gasteiger partial charge on any atom is 0.321 e. The van der Waals surface area contributed by atoms with Crippen LogP contribution in [-0.4, -0.2) is 33.5 Å². The molecule has 0 heterocycles. The van der Waals surface area contributed by atoms with E-state index in [2.05, 4.69) is 9.76 Å². The van der Waals surface area contributed by atoms with Crippen molar-refractivity contribution in [1.29, 1.82) is 0 Å². The number of carbonyl (C=O) groups is 2. The monoisotopic (exact) mass is 317 g/mol. The number of carboxylic acid groups (broad SMARTS) is 2. The van der Waals surface area contributed by atoms with Crippen molar-refractivity contribution < 1.29 is 34.3 Å². The summed E-state index contributed by atoms with van der Waals surface area (Å²) in [5, 5.41) is 28.6. The molecule has 4 N–H and O–H groups in total. The Morgan fingerprint density at radius 3 is 2.33 bits per heavy atom. The fraction of sp³-hybridized carbons (Fsp3) is 0.333. The first-order valence-electron chi connectivity index (χ1n) is 6.05. The summed E-state index contributed by atoms with van der Waals surface area (Å²) >= 11 is 0. The Hall–Kier alpha value is -1.73. The highest BCUT2D eigenvalue weighted by Crippen LogP contribution is 2.45. The van der Waals surface area contributed by atoms with Crippen molar-refractivity contribution in [1.82, 2.24) is 5.09 Å². The first kappa shape index (κ1) is 17.3. The summed E-state index contributed by atoms with van der Waals surface area (Å²) in [4.78, 5) is 21.5. The molecule has 0 aliphatic carbocycles. The number of aliphatic carboxylic acids is 2. The average molecular weight is 317 g/mol. The minimum Gasteiger partial charge on any atom is -0.481 e. The quantitative estimate of drug-likeness (QED) is 0.308. The molecular formula is C12H16NO7P. The van der Waals surface area contributed by atoms with Crippen molar-refractivity contribution in [3.63, 3.8) is 0 Å². The highest BCUT2D eigenvalue weighted by atomic mass is 31.2. The summed E-state index contributed by atoms with van der Waals surface area (Å²) in [7, 11) is -3.86. The fourth-order valence-electron chi connectivity index (χ4n) is 1.67. The van der Waals surface area contributed by atoms with Crippen LogP contribution in [0.1, 0.15) is 18.4 Å². The van der Waals surface area contributed by atoms with E-state index in [4.69, 9.17) is 15.5 Å². The first-order chi connectivity index (χ1) is 9.86. The lowest BCUT2D eigenvalue weighted by atomic mass is 10.2. The van der Waals surface area contributed by atoms with Crippen LogP contribution in [-0.2, 0) is 25.0 Å². The lowest BCUT2D eigenvalue weighted by Crippen LogP contribution is -2.35. The molecule has 2 atom stereocenters. The summed E-state index contributed by atoms with van der Waals surface area (Å²) in [6.45, 7) is 0. The average Bonchev–Trinajstić information content (AvgIpc) is 2.44. The molecular weight excluding hydrogens is 301 g/mol. The lowest BCUT2D eigenvalue weighted by molar-refractivity contribution is -0.144. The van der Waals surface area contributed by atoms with Crippen LogP contribution in [0.4, 0.5) is 0 Å². The lowest BCUT2D eigenvalue weighted by Gasteiger charge is -2.20. The molecule has 0 fully saturated rings. The second kappa shape index (κ2) is 7.90. The molecule has 21 heavy (non-hydrogen) atoms. The van der Waals surface area contributed by atoms with Crippen LogP contribution in [0.3, 0.4) is 0 Å². The Balaban J connectivity index is 2.79. The van der Waals surface area contributed by atoms with Gasteiger partial charge in [-0.1, -0.05) is 30.3 Å².